The van der Waals surface area contributed by atoms with Crippen molar-refractivity contribution < 1.29 is 4.74 Å². The zero-order valence-corrected chi connectivity index (χ0v) is 22.9. The Morgan fingerprint density at radius 3 is 1.94 bits per heavy atom. The quantitative estimate of drug-likeness (QED) is 0.219. The third-order valence-corrected chi connectivity index (χ3v) is 9.16. The second-order valence-electron chi connectivity index (χ2n) is 11.9. The summed E-state index contributed by atoms with van der Waals surface area (Å²) in [5, 5.41) is 0. The van der Waals surface area contributed by atoms with Gasteiger partial charge in [-0.3, -0.25) is 0 Å². The predicted molar refractivity (Wildman–Crippen MR) is 149 cm³/mol. The molecule has 34 heavy (non-hydrogen) atoms. The zero-order chi connectivity index (χ0) is 23.8. The van der Waals surface area contributed by atoms with Crippen LogP contribution in [0.5, 0.6) is 5.75 Å². The van der Waals surface area contributed by atoms with E-state index in [1.807, 2.05) is 0 Å². The Kier molecular flexibility index (Phi) is 13.5. The summed E-state index contributed by atoms with van der Waals surface area (Å²) in [5.74, 6) is 5.01. The lowest BCUT2D eigenvalue weighted by Crippen LogP contribution is -2.20. The SMILES string of the molecule is CCCCCCCC1CCC(CCc2ccc(OCCCC3CCCCC3CCC)cc2)CC1. The lowest BCUT2D eigenvalue weighted by atomic mass is 9.75. The molecule has 0 heterocycles. The van der Waals surface area contributed by atoms with Crippen LogP contribution in [-0.4, -0.2) is 6.61 Å². The monoisotopic (exact) mass is 468 g/mol. The van der Waals surface area contributed by atoms with Crippen LogP contribution in [-0.2, 0) is 6.42 Å². The first-order valence-electron chi connectivity index (χ1n) is 15.5. The number of ether oxygens (including phenoxy) is 1. The molecule has 0 saturated heterocycles. The Hall–Kier alpha value is -0.980. The highest BCUT2D eigenvalue weighted by atomic mass is 16.5. The molecular weight excluding hydrogens is 412 g/mol. The van der Waals surface area contributed by atoms with Gasteiger partial charge in [-0.1, -0.05) is 129 Å². The minimum absolute atomic E-state index is 0.885. The van der Waals surface area contributed by atoms with Gasteiger partial charge in [0.2, 0.25) is 0 Å². The van der Waals surface area contributed by atoms with Crippen molar-refractivity contribution in [3.63, 3.8) is 0 Å². The van der Waals surface area contributed by atoms with Crippen LogP contribution >= 0.6 is 0 Å². The van der Waals surface area contributed by atoms with Crippen molar-refractivity contribution in [2.24, 2.45) is 23.7 Å². The first-order valence-corrected chi connectivity index (χ1v) is 15.5. The molecule has 194 valence electrons. The molecule has 0 spiro atoms. The summed E-state index contributed by atoms with van der Waals surface area (Å²) in [6.07, 6.45) is 28.5. The molecule has 1 heteroatoms. The molecule has 0 aromatic heterocycles. The van der Waals surface area contributed by atoms with E-state index in [1.54, 1.807) is 0 Å². The van der Waals surface area contributed by atoms with Gasteiger partial charge in [0, 0.05) is 0 Å². The van der Waals surface area contributed by atoms with E-state index >= 15 is 0 Å². The lowest BCUT2D eigenvalue weighted by Gasteiger charge is -2.31. The number of benzene rings is 1. The maximum absolute atomic E-state index is 6.11. The van der Waals surface area contributed by atoms with Gasteiger partial charge >= 0.3 is 0 Å². The van der Waals surface area contributed by atoms with Crippen LogP contribution in [0.4, 0.5) is 0 Å². The molecular formula is C33H56O. The van der Waals surface area contributed by atoms with Crippen molar-refractivity contribution in [3.8, 4) is 5.75 Å². The van der Waals surface area contributed by atoms with Crippen LogP contribution in [0.25, 0.3) is 0 Å². The van der Waals surface area contributed by atoms with E-state index in [0.29, 0.717) is 0 Å². The second kappa shape index (κ2) is 16.6. The maximum atomic E-state index is 6.11. The number of aryl methyl sites for hydroxylation is 1. The molecule has 0 radical (unpaired) electrons. The van der Waals surface area contributed by atoms with Gasteiger partial charge in [-0.25, -0.2) is 0 Å². The summed E-state index contributed by atoms with van der Waals surface area (Å²) in [7, 11) is 0. The van der Waals surface area contributed by atoms with Gasteiger partial charge in [-0.2, -0.15) is 0 Å². The highest BCUT2D eigenvalue weighted by Crippen LogP contribution is 2.36. The van der Waals surface area contributed by atoms with Crippen molar-refractivity contribution in [3.05, 3.63) is 29.8 Å². The fourth-order valence-electron chi connectivity index (χ4n) is 6.92. The molecule has 2 saturated carbocycles. The van der Waals surface area contributed by atoms with E-state index in [1.165, 1.54) is 134 Å². The summed E-state index contributed by atoms with van der Waals surface area (Å²) in [5.41, 5.74) is 1.50. The van der Waals surface area contributed by atoms with E-state index in [9.17, 15) is 0 Å². The minimum Gasteiger partial charge on any atom is -0.494 e. The molecule has 1 nitrogen and oxygen atoms in total. The topological polar surface area (TPSA) is 9.23 Å². The highest BCUT2D eigenvalue weighted by Gasteiger charge is 2.24. The lowest BCUT2D eigenvalue weighted by molar-refractivity contribution is 0.193. The number of hydrogen-bond donors (Lipinski definition) is 0. The average molecular weight is 469 g/mol. The Labute approximate surface area is 212 Å². The molecule has 0 N–H and O–H groups in total. The molecule has 0 aliphatic heterocycles. The summed E-state index contributed by atoms with van der Waals surface area (Å²) in [6.45, 7) is 5.54. The number of rotatable bonds is 16. The Bertz CT molecular complexity index is 610. The first-order chi connectivity index (χ1) is 16.8. The van der Waals surface area contributed by atoms with Gasteiger partial charge in [0.15, 0.2) is 0 Å². The summed E-state index contributed by atoms with van der Waals surface area (Å²) in [6, 6.07) is 9.06. The minimum atomic E-state index is 0.885. The van der Waals surface area contributed by atoms with Gasteiger partial charge < -0.3 is 4.74 Å². The van der Waals surface area contributed by atoms with Crippen molar-refractivity contribution in [1.82, 2.24) is 0 Å². The van der Waals surface area contributed by atoms with Gasteiger partial charge in [0.05, 0.1) is 6.61 Å². The number of unbranched alkanes of at least 4 members (excludes halogenated alkanes) is 4. The number of hydrogen-bond acceptors (Lipinski definition) is 1. The molecule has 2 fully saturated rings. The normalized spacial score (nSPS) is 25.4. The summed E-state index contributed by atoms with van der Waals surface area (Å²) >= 11 is 0. The van der Waals surface area contributed by atoms with E-state index in [-0.39, 0.29) is 0 Å². The van der Waals surface area contributed by atoms with Gasteiger partial charge in [-0.15, -0.1) is 0 Å². The van der Waals surface area contributed by atoms with Crippen LogP contribution in [0.15, 0.2) is 24.3 Å². The molecule has 2 aliphatic rings. The van der Waals surface area contributed by atoms with Crippen molar-refractivity contribution in [2.45, 2.75) is 142 Å². The van der Waals surface area contributed by atoms with Crippen LogP contribution in [0.2, 0.25) is 0 Å². The van der Waals surface area contributed by atoms with Crippen molar-refractivity contribution in [2.75, 3.05) is 6.61 Å². The first kappa shape index (κ1) is 27.6. The molecule has 2 atom stereocenters. The molecule has 3 rings (SSSR count). The van der Waals surface area contributed by atoms with Crippen LogP contribution in [0, 0.1) is 23.7 Å². The Morgan fingerprint density at radius 2 is 1.26 bits per heavy atom. The van der Waals surface area contributed by atoms with Gasteiger partial charge in [-0.05, 0) is 67.1 Å². The Morgan fingerprint density at radius 1 is 0.618 bits per heavy atom. The van der Waals surface area contributed by atoms with Crippen molar-refractivity contribution >= 4 is 0 Å². The molecule has 1 aromatic rings. The van der Waals surface area contributed by atoms with Crippen molar-refractivity contribution in [1.29, 1.82) is 0 Å². The van der Waals surface area contributed by atoms with E-state index in [0.717, 1.165) is 36.0 Å². The largest absolute Gasteiger partial charge is 0.494 e. The molecule has 0 amide bonds. The smallest absolute Gasteiger partial charge is 0.119 e. The molecule has 0 bridgehead atoms. The molecule has 2 aliphatic carbocycles. The third-order valence-electron chi connectivity index (χ3n) is 9.16. The average Bonchev–Trinajstić information content (AvgIpc) is 2.88. The van der Waals surface area contributed by atoms with Crippen LogP contribution in [0.3, 0.4) is 0 Å². The van der Waals surface area contributed by atoms with Gasteiger partial charge in [0.1, 0.15) is 5.75 Å². The standard InChI is InChI=1S/C33H56O/c1-3-5-6-7-8-13-28-17-19-29(20-18-28)21-22-30-23-25-33(26-24-30)34-27-11-16-32-15-10-9-14-31(32)12-4-2/h23-26,28-29,31-32H,3-22,27H2,1-2H3. The predicted octanol–water partition coefficient (Wildman–Crippen LogP) is 10.6. The molecule has 2 unspecified atom stereocenters. The summed E-state index contributed by atoms with van der Waals surface area (Å²) < 4.78 is 6.11. The summed E-state index contributed by atoms with van der Waals surface area (Å²) in [4.78, 5) is 0. The highest BCUT2D eigenvalue weighted by molar-refractivity contribution is 5.27. The zero-order valence-electron chi connectivity index (χ0n) is 22.9. The van der Waals surface area contributed by atoms with E-state index in [2.05, 4.69) is 38.1 Å². The van der Waals surface area contributed by atoms with E-state index < -0.39 is 0 Å². The fraction of sp³-hybridized carbons (Fsp3) is 0.818. The third kappa shape index (κ3) is 10.3. The van der Waals surface area contributed by atoms with Crippen LogP contribution in [0.1, 0.15) is 141 Å². The van der Waals surface area contributed by atoms with Gasteiger partial charge in [0.25, 0.3) is 0 Å². The van der Waals surface area contributed by atoms with Crippen LogP contribution < -0.4 is 4.74 Å². The maximum Gasteiger partial charge on any atom is 0.119 e. The Balaban J connectivity index is 1.25. The fourth-order valence-corrected chi connectivity index (χ4v) is 6.92. The molecule has 1 aromatic carbocycles. The van der Waals surface area contributed by atoms with E-state index in [4.69, 9.17) is 4.74 Å². The second-order valence-corrected chi connectivity index (χ2v) is 11.9.